The smallest absolute Gasteiger partial charge is 0.246 e. The van der Waals surface area contributed by atoms with E-state index in [9.17, 15) is 43.5 Å². The van der Waals surface area contributed by atoms with E-state index >= 15 is 0 Å². The van der Waals surface area contributed by atoms with Crippen LogP contribution < -0.4 is 38.5 Å². The molecule has 0 saturated carbocycles. The molecule has 0 heterocycles. The lowest BCUT2D eigenvalue weighted by atomic mass is 9.85. The van der Waals surface area contributed by atoms with Crippen LogP contribution >= 0.6 is 0 Å². The summed E-state index contributed by atoms with van der Waals surface area (Å²) in [5, 5.41) is 26.8. The van der Waals surface area contributed by atoms with E-state index in [1.807, 2.05) is 20.6 Å². The van der Waals surface area contributed by atoms with Gasteiger partial charge in [-0.15, -0.1) is 0 Å². The molecular formula is C52H105B2N7O15. The Bertz CT molecular complexity index is 1330. The van der Waals surface area contributed by atoms with Crippen molar-refractivity contribution in [3.63, 3.8) is 0 Å². The fourth-order valence-electron chi connectivity index (χ4n) is 5.52. The summed E-state index contributed by atoms with van der Waals surface area (Å²) in [5.41, 5.74) is 13.2. The molecule has 0 aromatic heterocycles. The number of nitrogens with one attached hydrogen (secondary N) is 4. The Labute approximate surface area is 459 Å². The van der Waals surface area contributed by atoms with Crippen LogP contribution in [0.3, 0.4) is 0 Å². The number of ether oxygens (including phenoxy) is 4. The molecule has 0 spiro atoms. The molecule has 0 saturated heterocycles. The van der Waals surface area contributed by atoms with Gasteiger partial charge < -0.3 is 91.6 Å². The highest BCUT2D eigenvalue weighted by atomic mass is 16.5. The SMILES string of the molecule is C=O.CC.CCCCNC(=O)COCCOCCNC(=O)COCCOCCN.CO.O=CCCCCCCCCCCCCCCCCC(=O)NC(CO)CCC=O.[B]C(=O)C(C)(C)NC(=O)C(C)N.[B]C(=O)CN. The van der Waals surface area contributed by atoms with E-state index in [1.165, 1.54) is 91.4 Å². The summed E-state index contributed by atoms with van der Waals surface area (Å²) in [6, 6.07) is -0.927. The molecule has 0 aliphatic rings. The number of unbranched alkanes of at least 4 members (excludes halogenated alkanes) is 15. The van der Waals surface area contributed by atoms with Crippen LogP contribution in [0.5, 0.6) is 0 Å². The van der Waals surface area contributed by atoms with E-state index in [0.29, 0.717) is 78.5 Å². The zero-order valence-corrected chi connectivity index (χ0v) is 47.9. The zero-order valence-electron chi connectivity index (χ0n) is 47.9. The van der Waals surface area contributed by atoms with Gasteiger partial charge >= 0.3 is 0 Å². The molecule has 4 radical (unpaired) electrons. The quantitative estimate of drug-likeness (QED) is 0.0239. The highest BCUT2D eigenvalue weighted by molar-refractivity contribution is 6.60. The number of carbonyl (C=O) groups excluding carboxylic acids is 9. The Kier molecular flexibility index (Phi) is 82.6. The highest BCUT2D eigenvalue weighted by Gasteiger charge is 2.25. The van der Waals surface area contributed by atoms with Crippen molar-refractivity contribution < 1.29 is 72.3 Å². The molecule has 76 heavy (non-hydrogen) atoms. The molecule has 0 rings (SSSR count). The standard InChI is InChI=1S/C23H43NO4.C16H33N3O6.C7H13BN2O2.C2H4BNO.C2H6.CH4O.CH2O/c25-19-15-13-11-9-7-5-3-1-2-4-6-8-10-12-14-18-23(28)24-22(21-27)17-16-20-26;1-2-3-5-18-15(20)13-25-12-10-23-8-6-19-16(21)14-24-11-9-22-7-4-17;1-4(9)5(11)10-7(2,3)6(8)12;3-2(5)1-4;3*1-2/h19-20,22,27H,1-18,21H2,(H,24,28);2-14,17H2,1H3,(H,18,20)(H,19,21);4H,9H2,1-3H3,(H,10,11);1,4H2;1-2H3;2H,1H3;1H2. The molecule has 0 aliphatic heterocycles. The van der Waals surface area contributed by atoms with Crippen molar-refractivity contribution in [2.24, 2.45) is 17.2 Å². The molecule has 2 atom stereocenters. The first-order valence-corrected chi connectivity index (χ1v) is 26.9. The topological polar surface area (TPSA) is 357 Å². The van der Waals surface area contributed by atoms with Crippen LogP contribution in [0.1, 0.15) is 170 Å². The van der Waals surface area contributed by atoms with Crippen LogP contribution in [0.25, 0.3) is 0 Å². The Morgan fingerprint density at radius 3 is 1.42 bits per heavy atom. The summed E-state index contributed by atoms with van der Waals surface area (Å²) in [7, 11) is 10.6. The summed E-state index contributed by atoms with van der Waals surface area (Å²) in [5.74, 6) is -0.732. The predicted octanol–water partition coefficient (Wildman–Crippen LogP) is 1.94. The summed E-state index contributed by atoms with van der Waals surface area (Å²) in [6.07, 6.45) is 23.1. The second-order valence-corrected chi connectivity index (χ2v) is 17.0. The van der Waals surface area contributed by atoms with Gasteiger partial charge in [-0.05, 0) is 46.5 Å². The molecule has 444 valence electrons. The maximum Gasteiger partial charge on any atom is 0.246 e. The van der Waals surface area contributed by atoms with Gasteiger partial charge in [0.15, 0.2) is 15.7 Å². The monoisotopic (exact) mass is 1090 g/mol. The minimum Gasteiger partial charge on any atom is -0.400 e. The normalized spacial score (nSPS) is 10.7. The average Bonchev–Trinajstić information content (AvgIpc) is 3.41. The second kappa shape index (κ2) is 73.1. The van der Waals surface area contributed by atoms with Crippen LogP contribution in [0.2, 0.25) is 0 Å². The van der Waals surface area contributed by atoms with E-state index in [4.69, 9.17) is 53.9 Å². The van der Waals surface area contributed by atoms with Crippen molar-refractivity contribution in [1.82, 2.24) is 21.3 Å². The minimum atomic E-state index is -1.04. The fraction of sp³-hybridized carbons (Fsp3) is 0.827. The average molecular weight is 1090 g/mol. The van der Waals surface area contributed by atoms with Gasteiger partial charge in [0.05, 0.1) is 75.2 Å². The molecule has 2 unspecified atom stereocenters. The van der Waals surface area contributed by atoms with Gasteiger partial charge in [0.1, 0.15) is 32.6 Å². The third kappa shape index (κ3) is 78.9. The molecule has 0 aromatic rings. The van der Waals surface area contributed by atoms with Gasteiger partial charge in [-0.2, -0.15) is 0 Å². The Morgan fingerprint density at radius 2 is 1.04 bits per heavy atom. The number of aldehydes is 2. The Morgan fingerprint density at radius 1 is 0.632 bits per heavy atom. The number of hydrogen-bond acceptors (Lipinski definition) is 18. The van der Waals surface area contributed by atoms with Gasteiger partial charge in [0.25, 0.3) is 0 Å². The van der Waals surface area contributed by atoms with Crippen molar-refractivity contribution in [3.05, 3.63) is 0 Å². The summed E-state index contributed by atoms with van der Waals surface area (Å²) in [4.78, 5) is 94.3. The van der Waals surface area contributed by atoms with Crippen molar-refractivity contribution in [1.29, 1.82) is 0 Å². The largest absolute Gasteiger partial charge is 0.400 e. The maximum absolute atomic E-state index is 11.8. The Balaban J connectivity index is -0.000000180. The molecule has 4 amide bonds. The van der Waals surface area contributed by atoms with Crippen LogP contribution in [-0.4, -0.2) is 191 Å². The first-order valence-electron chi connectivity index (χ1n) is 26.9. The summed E-state index contributed by atoms with van der Waals surface area (Å²) in [6.45, 7) is 16.4. The number of aliphatic hydroxyl groups is 2. The number of rotatable bonds is 44. The van der Waals surface area contributed by atoms with Crippen LogP contribution in [0.15, 0.2) is 0 Å². The van der Waals surface area contributed by atoms with E-state index in [2.05, 4.69) is 36.0 Å². The van der Waals surface area contributed by atoms with Gasteiger partial charge in [-0.1, -0.05) is 104 Å². The van der Waals surface area contributed by atoms with Crippen molar-refractivity contribution in [2.75, 3.05) is 92.8 Å². The Hall–Kier alpha value is -4.00. The predicted molar refractivity (Wildman–Crippen MR) is 301 cm³/mol. The van der Waals surface area contributed by atoms with Gasteiger partial charge in [-0.25, -0.2) is 0 Å². The van der Waals surface area contributed by atoms with E-state index in [0.717, 1.165) is 58.2 Å². The maximum atomic E-state index is 11.8. The van der Waals surface area contributed by atoms with E-state index < -0.39 is 22.9 Å². The lowest BCUT2D eigenvalue weighted by Crippen LogP contribution is -2.54. The number of amides is 4. The molecule has 12 N–H and O–H groups in total. The minimum absolute atomic E-state index is 0.0117. The van der Waals surface area contributed by atoms with E-state index in [-0.39, 0.29) is 56.0 Å². The number of hydrogen-bond donors (Lipinski definition) is 9. The van der Waals surface area contributed by atoms with Crippen LogP contribution in [0.4, 0.5) is 0 Å². The highest BCUT2D eigenvalue weighted by Crippen LogP contribution is 2.14. The third-order valence-corrected chi connectivity index (χ3v) is 9.75. The molecule has 22 nitrogen and oxygen atoms in total. The van der Waals surface area contributed by atoms with Crippen LogP contribution in [-0.2, 0) is 62.1 Å². The van der Waals surface area contributed by atoms with Crippen molar-refractivity contribution >= 4 is 70.0 Å². The molecule has 24 heteroatoms. The lowest BCUT2D eigenvalue weighted by Gasteiger charge is -2.24. The number of aliphatic hydroxyl groups excluding tert-OH is 2. The number of carbonyl (C=O) groups is 9. The second-order valence-electron chi connectivity index (χ2n) is 17.0. The number of nitrogens with two attached hydrogens (primary N) is 3. The lowest BCUT2D eigenvalue weighted by molar-refractivity contribution is -0.127. The van der Waals surface area contributed by atoms with Crippen molar-refractivity contribution in [3.8, 4) is 0 Å². The van der Waals surface area contributed by atoms with Crippen molar-refractivity contribution in [2.45, 2.75) is 188 Å². The summed E-state index contributed by atoms with van der Waals surface area (Å²) >= 11 is 0. The van der Waals surface area contributed by atoms with Gasteiger partial charge in [-0.3, -0.25) is 19.2 Å². The third-order valence-electron chi connectivity index (χ3n) is 9.75. The molecular weight excluding hydrogens is 984 g/mol. The fourth-order valence-corrected chi connectivity index (χ4v) is 5.52. The first kappa shape index (κ1) is 85.9. The molecule has 0 aliphatic carbocycles. The molecule has 0 bridgehead atoms. The molecule has 0 aromatic carbocycles. The zero-order chi connectivity index (χ0) is 59.5. The van der Waals surface area contributed by atoms with Crippen LogP contribution in [0, 0.1) is 0 Å². The first-order chi connectivity index (χ1) is 36.5. The van der Waals surface area contributed by atoms with E-state index in [1.54, 1.807) is 0 Å². The molecule has 0 fully saturated rings. The van der Waals surface area contributed by atoms with Gasteiger partial charge in [0, 0.05) is 52.6 Å². The van der Waals surface area contributed by atoms with Gasteiger partial charge in [0.2, 0.25) is 23.6 Å². The summed E-state index contributed by atoms with van der Waals surface area (Å²) < 4.78 is 20.7.